The molecular weight excluding hydrogens is 658 g/mol. The molecule has 0 bridgehead atoms. The van der Waals surface area contributed by atoms with Crippen molar-refractivity contribution in [2.45, 2.75) is 13.8 Å². The van der Waals surface area contributed by atoms with Gasteiger partial charge in [0.25, 0.3) is 0 Å². The van der Waals surface area contributed by atoms with Crippen molar-refractivity contribution in [3.05, 3.63) is 99.9 Å². The first-order valence-electron chi connectivity index (χ1n) is 13.7. The fraction of sp³-hybridized carbons (Fsp3) is 0.133. The Bertz CT molecular complexity index is 1950. The number of H-pyrrole nitrogens is 2. The molecule has 0 aliphatic rings. The van der Waals surface area contributed by atoms with E-state index in [0.717, 1.165) is 27.5 Å². The second-order valence-corrected chi connectivity index (χ2v) is 10.2. The van der Waals surface area contributed by atoms with Gasteiger partial charge in [0.05, 0.1) is 35.7 Å². The maximum Gasteiger partial charge on any atom is 0.505 e. The Kier molecular flexibility index (Phi) is 12.1. The van der Waals surface area contributed by atoms with Crippen molar-refractivity contribution < 1.29 is 29.1 Å². The lowest BCUT2D eigenvalue weighted by Crippen LogP contribution is -2.30. The standard InChI is InChI=1S/C15H12ClN3O2.C11H12BNO4.C4H2Cl2N2/c1-2-21-14(20)9-3-4-11-10(7-9)8-13(18-11)12-5-6-17-15(16)19-12;1-2-17-11(14)7-3-4-9-8(5-7)6-10(13-9)12(15)16;5-3-1-2-7-4(6)8-3/h3-8,18H,2H2,1H3;3-6,13,15-16H,2H2,1H3;1-2H. The molecule has 6 aromatic rings. The van der Waals surface area contributed by atoms with E-state index in [-0.39, 0.29) is 22.5 Å². The van der Waals surface area contributed by atoms with Gasteiger partial charge in [0, 0.05) is 34.4 Å². The molecule has 2 aromatic carbocycles. The van der Waals surface area contributed by atoms with Crippen LogP contribution in [0.15, 0.2) is 73.1 Å². The summed E-state index contributed by atoms with van der Waals surface area (Å²) in [6, 6.07) is 17.2. The molecule has 0 amide bonds. The predicted octanol–water partition coefficient (Wildman–Crippen LogP) is 5.26. The maximum atomic E-state index is 11.7. The lowest BCUT2D eigenvalue weighted by Gasteiger charge is -2.01. The van der Waals surface area contributed by atoms with Crippen molar-refractivity contribution in [1.82, 2.24) is 29.9 Å². The van der Waals surface area contributed by atoms with Gasteiger partial charge in [-0.1, -0.05) is 11.6 Å². The Labute approximate surface area is 277 Å². The molecule has 4 aromatic heterocycles. The number of hydrogen-bond donors (Lipinski definition) is 4. The maximum absolute atomic E-state index is 11.7. The largest absolute Gasteiger partial charge is 0.505 e. The van der Waals surface area contributed by atoms with Crippen LogP contribution in [0.2, 0.25) is 15.7 Å². The highest BCUT2D eigenvalue weighted by molar-refractivity contribution is 6.58. The summed E-state index contributed by atoms with van der Waals surface area (Å²) < 4.78 is 9.88. The van der Waals surface area contributed by atoms with Crippen LogP contribution in [0.5, 0.6) is 0 Å². The van der Waals surface area contributed by atoms with Crippen LogP contribution >= 0.6 is 34.8 Å². The van der Waals surface area contributed by atoms with Crippen LogP contribution in [0.4, 0.5) is 0 Å². The van der Waals surface area contributed by atoms with Gasteiger partial charge in [-0.15, -0.1) is 0 Å². The fourth-order valence-electron chi connectivity index (χ4n) is 4.05. The van der Waals surface area contributed by atoms with E-state index in [1.165, 1.54) is 6.20 Å². The van der Waals surface area contributed by atoms with Crippen molar-refractivity contribution in [3.8, 4) is 11.4 Å². The van der Waals surface area contributed by atoms with Gasteiger partial charge in [0.15, 0.2) is 0 Å². The number of hydrogen-bond acceptors (Lipinski definition) is 10. The number of aromatic amines is 2. The molecule has 0 radical (unpaired) electrons. The van der Waals surface area contributed by atoms with Gasteiger partial charge in [-0.3, -0.25) is 0 Å². The number of halogens is 3. The molecule has 46 heavy (non-hydrogen) atoms. The third kappa shape index (κ3) is 9.25. The molecule has 6 rings (SSSR count). The summed E-state index contributed by atoms with van der Waals surface area (Å²) in [4.78, 5) is 44.5. The van der Waals surface area contributed by atoms with E-state index >= 15 is 0 Å². The van der Waals surface area contributed by atoms with Gasteiger partial charge >= 0.3 is 19.1 Å². The van der Waals surface area contributed by atoms with E-state index in [4.69, 9.17) is 54.3 Å². The Hall–Kier alpha value is -4.53. The van der Waals surface area contributed by atoms with E-state index in [2.05, 4.69) is 29.9 Å². The smallest absolute Gasteiger partial charge is 0.462 e. The number of ether oxygens (including phenoxy) is 2. The van der Waals surface area contributed by atoms with Crippen LogP contribution in [-0.4, -0.2) is 72.2 Å². The highest BCUT2D eigenvalue weighted by Crippen LogP contribution is 2.24. The number of carbonyl (C=O) groups is 2. The number of benzene rings is 2. The fourth-order valence-corrected chi connectivity index (χ4v) is 4.52. The molecule has 236 valence electrons. The van der Waals surface area contributed by atoms with Crippen LogP contribution in [0.1, 0.15) is 34.6 Å². The molecular formula is C30H26BCl3N6O6. The normalized spacial score (nSPS) is 10.4. The molecule has 12 nitrogen and oxygen atoms in total. The van der Waals surface area contributed by atoms with Crippen molar-refractivity contribution in [2.24, 2.45) is 0 Å². The highest BCUT2D eigenvalue weighted by Gasteiger charge is 2.15. The van der Waals surface area contributed by atoms with Gasteiger partial charge < -0.3 is 29.5 Å². The minimum Gasteiger partial charge on any atom is -0.462 e. The quantitative estimate of drug-likeness (QED) is 0.0784. The van der Waals surface area contributed by atoms with E-state index in [1.807, 2.05) is 12.1 Å². The van der Waals surface area contributed by atoms with Crippen molar-refractivity contribution in [3.63, 3.8) is 0 Å². The Morgan fingerprint density at radius 1 is 0.739 bits per heavy atom. The first kappa shape index (κ1) is 34.4. The minimum atomic E-state index is -1.55. The van der Waals surface area contributed by atoms with Crippen LogP contribution in [0, 0.1) is 0 Å². The lowest BCUT2D eigenvalue weighted by molar-refractivity contribution is 0.0517. The van der Waals surface area contributed by atoms with E-state index in [9.17, 15) is 9.59 Å². The SMILES string of the molecule is CCOC(=O)c1ccc2[nH]c(-c3ccnc(Cl)n3)cc2c1.CCOC(=O)c1ccc2[nH]c(B(O)O)cc2c1.Clc1ccnc(Cl)n1. The Morgan fingerprint density at radius 3 is 1.78 bits per heavy atom. The zero-order valence-corrected chi connectivity index (χ0v) is 26.6. The first-order chi connectivity index (χ1) is 22.1. The molecule has 0 aliphatic heterocycles. The summed E-state index contributed by atoms with van der Waals surface area (Å²) in [6.45, 7) is 4.20. The van der Waals surface area contributed by atoms with Crippen molar-refractivity contribution in [2.75, 3.05) is 13.2 Å². The molecule has 0 aliphatic carbocycles. The summed E-state index contributed by atoms with van der Waals surface area (Å²) in [5.41, 5.74) is 4.42. The van der Waals surface area contributed by atoms with Crippen LogP contribution in [0.3, 0.4) is 0 Å². The second-order valence-electron chi connectivity index (χ2n) is 9.19. The van der Waals surface area contributed by atoms with Crippen molar-refractivity contribution >= 4 is 81.3 Å². The zero-order valence-electron chi connectivity index (χ0n) is 24.4. The number of nitrogens with zero attached hydrogens (tertiary/aromatic N) is 4. The van der Waals surface area contributed by atoms with E-state index in [0.29, 0.717) is 40.8 Å². The molecule has 4 heterocycles. The van der Waals surface area contributed by atoms with Gasteiger partial charge in [-0.05, 0) is 103 Å². The van der Waals surface area contributed by atoms with E-state index in [1.54, 1.807) is 68.6 Å². The molecule has 0 fully saturated rings. The summed E-state index contributed by atoms with van der Waals surface area (Å²) in [5, 5.41) is 20.4. The van der Waals surface area contributed by atoms with Crippen LogP contribution in [-0.2, 0) is 9.47 Å². The highest BCUT2D eigenvalue weighted by atomic mass is 35.5. The summed E-state index contributed by atoms with van der Waals surface area (Å²) in [7, 11) is -1.55. The summed E-state index contributed by atoms with van der Waals surface area (Å²) >= 11 is 16.5. The van der Waals surface area contributed by atoms with Crippen LogP contribution in [0.25, 0.3) is 33.2 Å². The van der Waals surface area contributed by atoms with E-state index < -0.39 is 7.12 Å². The van der Waals surface area contributed by atoms with Crippen LogP contribution < -0.4 is 5.59 Å². The Balaban J connectivity index is 0.000000172. The zero-order chi connectivity index (χ0) is 33.2. The molecule has 0 atom stereocenters. The molecule has 4 N–H and O–H groups in total. The molecule has 0 unspecified atom stereocenters. The molecule has 0 spiro atoms. The number of nitrogens with one attached hydrogen (secondary N) is 2. The lowest BCUT2D eigenvalue weighted by atomic mass is 9.86. The van der Waals surface area contributed by atoms with Gasteiger partial charge in [0.2, 0.25) is 10.6 Å². The number of rotatable bonds is 6. The average Bonchev–Trinajstić information content (AvgIpc) is 3.66. The molecule has 16 heteroatoms. The monoisotopic (exact) mass is 682 g/mol. The number of fused-ring (bicyclic) bond motifs is 2. The molecule has 0 saturated heterocycles. The third-order valence-electron chi connectivity index (χ3n) is 6.06. The first-order valence-corrected chi connectivity index (χ1v) is 14.8. The molecule has 0 saturated carbocycles. The topological polar surface area (TPSA) is 176 Å². The summed E-state index contributed by atoms with van der Waals surface area (Å²) in [6.07, 6.45) is 3.10. The number of aromatic nitrogens is 6. The minimum absolute atomic E-state index is 0.178. The second kappa shape index (κ2) is 16.2. The number of esters is 2. The Morgan fingerprint density at radius 2 is 1.28 bits per heavy atom. The van der Waals surface area contributed by atoms with Gasteiger partial charge in [-0.25, -0.2) is 29.5 Å². The summed E-state index contributed by atoms with van der Waals surface area (Å²) in [5.74, 6) is -0.714. The van der Waals surface area contributed by atoms with Gasteiger partial charge in [0.1, 0.15) is 5.15 Å². The predicted molar refractivity (Wildman–Crippen MR) is 176 cm³/mol. The number of carbonyl (C=O) groups excluding carboxylic acids is 2. The van der Waals surface area contributed by atoms with Crippen molar-refractivity contribution in [1.29, 1.82) is 0 Å². The third-order valence-corrected chi connectivity index (χ3v) is 6.63. The average molecular weight is 684 g/mol. The van der Waals surface area contributed by atoms with Gasteiger partial charge in [-0.2, -0.15) is 0 Å².